The molecule has 1 aliphatic heterocycles. The molecule has 0 aromatic heterocycles. The molecule has 0 atom stereocenters. The van der Waals surface area contributed by atoms with Crippen LogP contribution in [0.4, 0.5) is 5.69 Å². The molecular weight excluding hydrogens is 543 g/mol. The molecule has 2 aromatic carbocycles. The fourth-order valence-electron chi connectivity index (χ4n) is 2.53. The molecule has 0 radical (unpaired) electrons. The number of cyclic esters (lactones) is 1. The molecule has 30 heavy (non-hydrogen) atoms. The molecule has 1 aliphatic rings. The van der Waals surface area contributed by atoms with Crippen LogP contribution in [0, 0.1) is 16.0 Å². The van der Waals surface area contributed by atoms with Crippen LogP contribution in [-0.2, 0) is 9.53 Å². The standard InChI is InChI=1S/C20H15Br2ClN2O5/c1-10(2)9-29-18-13(21)5-11(6-14(18)22)7-16-20(26)30-19(24-16)12-3-4-15(23)17(8-12)25(27)28/h3-8,10H,9H2,1-2H3/b16-7-. The van der Waals surface area contributed by atoms with E-state index >= 15 is 0 Å². The Morgan fingerprint density at radius 3 is 2.53 bits per heavy atom. The molecule has 1 heterocycles. The number of nitrogens with zero attached hydrogens (tertiary/aromatic N) is 2. The fraction of sp³-hybridized carbons (Fsp3) is 0.200. The Morgan fingerprint density at radius 1 is 1.27 bits per heavy atom. The minimum absolute atomic E-state index is 0.0149. The molecule has 0 N–H and O–H groups in total. The summed E-state index contributed by atoms with van der Waals surface area (Å²) >= 11 is 12.8. The number of nitro groups is 1. The van der Waals surface area contributed by atoms with Gasteiger partial charge in [0.1, 0.15) is 10.8 Å². The first-order valence-corrected chi connectivity index (χ1v) is 10.7. The van der Waals surface area contributed by atoms with Gasteiger partial charge in [-0.15, -0.1) is 0 Å². The van der Waals surface area contributed by atoms with Crippen LogP contribution in [0.1, 0.15) is 25.0 Å². The van der Waals surface area contributed by atoms with E-state index in [1.54, 1.807) is 18.2 Å². The molecule has 0 aliphatic carbocycles. The molecule has 3 rings (SSSR count). The zero-order valence-corrected chi connectivity index (χ0v) is 19.7. The van der Waals surface area contributed by atoms with Crippen molar-refractivity contribution in [3.63, 3.8) is 0 Å². The Balaban J connectivity index is 1.91. The Kier molecular flexibility index (Phi) is 6.95. The Labute approximate surface area is 194 Å². The Hall–Kier alpha value is -2.23. The second kappa shape index (κ2) is 9.28. The van der Waals surface area contributed by atoms with Crippen LogP contribution in [0.5, 0.6) is 5.75 Å². The Morgan fingerprint density at radius 2 is 1.93 bits per heavy atom. The quantitative estimate of drug-likeness (QED) is 0.184. The maximum Gasteiger partial charge on any atom is 0.363 e. The van der Waals surface area contributed by atoms with Gasteiger partial charge in [0, 0.05) is 11.6 Å². The number of halogens is 3. The molecule has 10 heteroatoms. The van der Waals surface area contributed by atoms with Crippen molar-refractivity contribution in [1.29, 1.82) is 0 Å². The second-order valence-electron chi connectivity index (χ2n) is 6.78. The third-order valence-electron chi connectivity index (χ3n) is 3.90. The van der Waals surface area contributed by atoms with Crippen molar-refractivity contribution in [1.82, 2.24) is 0 Å². The van der Waals surface area contributed by atoms with Gasteiger partial charge in [0.25, 0.3) is 5.69 Å². The van der Waals surface area contributed by atoms with Crippen LogP contribution in [0.2, 0.25) is 5.02 Å². The predicted molar refractivity (Wildman–Crippen MR) is 121 cm³/mol. The van der Waals surface area contributed by atoms with Gasteiger partial charge in [-0.3, -0.25) is 10.1 Å². The predicted octanol–water partition coefficient (Wildman–Crippen LogP) is 6.15. The van der Waals surface area contributed by atoms with Crippen molar-refractivity contribution in [2.75, 3.05) is 6.61 Å². The molecule has 0 fully saturated rings. The SMILES string of the molecule is CC(C)COc1c(Br)cc(/C=C2\N=C(c3ccc(Cl)c([N+](=O)[O-])c3)OC2=O)cc1Br. The lowest BCUT2D eigenvalue weighted by atomic mass is 10.2. The number of nitro benzene ring substituents is 1. The van der Waals surface area contributed by atoms with Crippen molar-refractivity contribution in [3.8, 4) is 5.75 Å². The van der Waals surface area contributed by atoms with Crippen LogP contribution in [0.3, 0.4) is 0 Å². The van der Waals surface area contributed by atoms with Crippen LogP contribution in [-0.4, -0.2) is 23.4 Å². The van der Waals surface area contributed by atoms with Crippen molar-refractivity contribution in [3.05, 3.63) is 71.2 Å². The van der Waals surface area contributed by atoms with E-state index in [9.17, 15) is 14.9 Å². The summed E-state index contributed by atoms with van der Waals surface area (Å²) in [6, 6.07) is 7.66. The molecule has 2 aromatic rings. The van der Waals surface area contributed by atoms with E-state index < -0.39 is 10.9 Å². The Bertz CT molecular complexity index is 1080. The van der Waals surface area contributed by atoms with Crippen molar-refractivity contribution < 1.29 is 19.2 Å². The minimum Gasteiger partial charge on any atom is -0.491 e. The number of hydrogen-bond acceptors (Lipinski definition) is 6. The summed E-state index contributed by atoms with van der Waals surface area (Å²) in [6.07, 6.45) is 1.56. The lowest BCUT2D eigenvalue weighted by Crippen LogP contribution is -2.06. The number of aliphatic imine (C=N–C) groups is 1. The monoisotopic (exact) mass is 556 g/mol. The van der Waals surface area contributed by atoms with Crippen LogP contribution < -0.4 is 4.74 Å². The molecule has 0 saturated heterocycles. The molecule has 0 saturated carbocycles. The lowest BCUT2D eigenvalue weighted by molar-refractivity contribution is -0.384. The van der Waals surface area contributed by atoms with Gasteiger partial charge < -0.3 is 9.47 Å². The smallest absolute Gasteiger partial charge is 0.363 e. The summed E-state index contributed by atoms with van der Waals surface area (Å²) in [4.78, 5) is 26.9. The normalized spacial score (nSPS) is 14.8. The van der Waals surface area contributed by atoms with Gasteiger partial charge in [0.2, 0.25) is 5.90 Å². The van der Waals surface area contributed by atoms with E-state index in [2.05, 4.69) is 50.7 Å². The molecule has 0 amide bonds. The van der Waals surface area contributed by atoms with Crippen molar-refractivity contribution >= 4 is 67.1 Å². The van der Waals surface area contributed by atoms with Crippen molar-refractivity contribution in [2.24, 2.45) is 10.9 Å². The van der Waals surface area contributed by atoms with Crippen LogP contribution >= 0.6 is 43.5 Å². The van der Waals surface area contributed by atoms with Gasteiger partial charge in [0.05, 0.1) is 20.5 Å². The summed E-state index contributed by atoms with van der Waals surface area (Å²) in [5.41, 5.74) is 0.736. The van der Waals surface area contributed by atoms with Gasteiger partial charge in [-0.2, -0.15) is 0 Å². The fourth-order valence-corrected chi connectivity index (χ4v) is 4.16. The van der Waals surface area contributed by atoms with E-state index in [4.69, 9.17) is 21.1 Å². The van der Waals surface area contributed by atoms with E-state index in [0.29, 0.717) is 32.8 Å². The number of esters is 1. The maximum atomic E-state index is 12.2. The highest BCUT2D eigenvalue weighted by atomic mass is 79.9. The van der Waals surface area contributed by atoms with Crippen LogP contribution in [0.15, 0.2) is 50.0 Å². The number of carbonyl (C=O) groups is 1. The van der Waals surface area contributed by atoms with Gasteiger partial charge in [-0.05, 0) is 73.7 Å². The zero-order valence-electron chi connectivity index (χ0n) is 15.8. The van der Waals surface area contributed by atoms with E-state index in [1.165, 1.54) is 18.2 Å². The topological polar surface area (TPSA) is 91.0 Å². The number of hydrogen-bond donors (Lipinski definition) is 0. The van der Waals surface area contributed by atoms with Gasteiger partial charge in [0.15, 0.2) is 5.70 Å². The number of ether oxygens (including phenoxy) is 2. The van der Waals surface area contributed by atoms with Crippen molar-refractivity contribution in [2.45, 2.75) is 13.8 Å². The first-order valence-electron chi connectivity index (χ1n) is 8.74. The molecule has 7 nitrogen and oxygen atoms in total. The lowest BCUT2D eigenvalue weighted by Gasteiger charge is -2.13. The van der Waals surface area contributed by atoms with Gasteiger partial charge in [-0.25, -0.2) is 9.79 Å². The average molecular weight is 559 g/mol. The molecule has 0 spiro atoms. The number of benzene rings is 2. The highest BCUT2D eigenvalue weighted by Gasteiger charge is 2.26. The molecule has 0 bridgehead atoms. The number of rotatable bonds is 6. The average Bonchev–Trinajstić information content (AvgIpc) is 3.01. The highest BCUT2D eigenvalue weighted by molar-refractivity contribution is 9.11. The highest BCUT2D eigenvalue weighted by Crippen LogP contribution is 2.36. The summed E-state index contributed by atoms with van der Waals surface area (Å²) in [5.74, 6) is 0.351. The maximum absolute atomic E-state index is 12.2. The molecular formula is C20H15Br2ClN2O5. The number of carbonyl (C=O) groups excluding carboxylic acids is 1. The largest absolute Gasteiger partial charge is 0.491 e. The summed E-state index contributed by atoms with van der Waals surface area (Å²) in [7, 11) is 0. The summed E-state index contributed by atoms with van der Waals surface area (Å²) in [5, 5.41) is 11.1. The molecule has 156 valence electrons. The van der Waals surface area contributed by atoms with E-state index in [-0.39, 0.29) is 27.9 Å². The summed E-state index contributed by atoms with van der Waals surface area (Å²) in [6.45, 7) is 4.67. The molecule has 0 unspecified atom stereocenters. The first kappa shape index (κ1) is 22.5. The van der Waals surface area contributed by atoms with E-state index in [1.807, 2.05) is 0 Å². The van der Waals surface area contributed by atoms with E-state index in [0.717, 1.165) is 0 Å². The second-order valence-corrected chi connectivity index (χ2v) is 8.89. The summed E-state index contributed by atoms with van der Waals surface area (Å²) < 4.78 is 12.4. The van der Waals surface area contributed by atoms with Crippen LogP contribution in [0.25, 0.3) is 6.08 Å². The van der Waals surface area contributed by atoms with Gasteiger partial charge >= 0.3 is 5.97 Å². The third-order valence-corrected chi connectivity index (χ3v) is 5.39. The zero-order chi connectivity index (χ0) is 22.0. The minimum atomic E-state index is -0.657. The third kappa shape index (κ3) is 5.08. The first-order chi connectivity index (χ1) is 14.2. The van der Waals surface area contributed by atoms with Gasteiger partial charge in [-0.1, -0.05) is 25.4 Å².